The lowest BCUT2D eigenvalue weighted by molar-refractivity contribution is -0.384. The van der Waals surface area contributed by atoms with Crippen molar-refractivity contribution in [2.75, 3.05) is 6.61 Å². The summed E-state index contributed by atoms with van der Waals surface area (Å²) in [6.07, 6.45) is 2.89. The van der Waals surface area contributed by atoms with Gasteiger partial charge in [-0.2, -0.15) is 0 Å². The Balaban J connectivity index is 1.83. The number of carbonyl (C=O) groups is 1. The number of non-ortho nitro benzene ring substituents is 1. The van der Waals surface area contributed by atoms with Gasteiger partial charge in [0.1, 0.15) is 12.4 Å². The van der Waals surface area contributed by atoms with Crippen LogP contribution in [0.15, 0.2) is 54.6 Å². The molecule has 0 bridgehead atoms. The Morgan fingerprint density at radius 1 is 1.28 bits per heavy atom. The van der Waals surface area contributed by atoms with Gasteiger partial charge < -0.3 is 10.1 Å². The van der Waals surface area contributed by atoms with Gasteiger partial charge in [0.05, 0.1) is 11.0 Å². The Labute approximate surface area is 146 Å². The Morgan fingerprint density at radius 2 is 2.00 bits per heavy atom. The minimum Gasteiger partial charge on any atom is -0.491 e. The van der Waals surface area contributed by atoms with Gasteiger partial charge in [0, 0.05) is 18.2 Å². The van der Waals surface area contributed by atoms with Gasteiger partial charge >= 0.3 is 0 Å². The molecule has 2 aromatic carbocycles. The zero-order valence-corrected chi connectivity index (χ0v) is 14.1. The minimum absolute atomic E-state index is 0.0116. The zero-order valence-electron chi connectivity index (χ0n) is 14.1. The summed E-state index contributed by atoms with van der Waals surface area (Å²) < 4.78 is 5.61. The van der Waals surface area contributed by atoms with Crippen LogP contribution < -0.4 is 10.1 Å². The van der Waals surface area contributed by atoms with E-state index in [-0.39, 0.29) is 17.6 Å². The molecular weight excluding hydrogens is 320 g/mol. The van der Waals surface area contributed by atoms with Gasteiger partial charge in [-0.15, -0.1) is 0 Å². The number of hydrogen-bond donors (Lipinski definition) is 1. The predicted octanol–water partition coefficient (Wildman–Crippen LogP) is 3.50. The first-order valence-electron chi connectivity index (χ1n) is 7.86. The summed E-state index contributed by atoms with van der Waals surface area (Å²) in [5.74, 6) is 0.463. The topological polar surface area (TPSA) is 81.5 Å². The molecule has 6 heteroatoms. The summed E-state index contributed by atoms with van der Waals surface area (Å²) in [5, 5.41) is 13.5. The highest BCUT2D eigenvalue weighted by Gasteiger charge is 2.07. The molecule has 0 spiro atoms. The van der Waals surface area contributed by atoms with Crippen molar-refractivity contribution >= 4 is 17.7 Å². The number of hydrogen-bond acceptors (Lipinski definition) is 4. The highest BCUT2D eigenvalue weighted by Crippen LogP contribution is 2.14. The van der Waals surface area contributed by atoms with Crippen LogP contribution in [0.25, 0.3) is 6.08 Å². The van der Waals surface area contributed by atoms with E-state index in [2.05, 4.69) is 5.32 Å². The fraction of sp³-hybridized carbons (Fsp3) is 0.211. The van der Waals surface area contributed by atoms with E-state index in [0.717, 1.165) is 11.3 Å². The van der Waals surface area contributed by atoms with Crippen molar-refractivity contribution in [3.05, 3.63) is 75.8 Å². The van der Waals surface area contributed by atoms with Gasteiger partial charge in [-0.25, -0.2) is 0 Å². The lowest BCUT2D eigenvalue weighted by atomic mass is 10.2. The third kappa shape index (κ3) is 6.10. The lowest BCUT2D eigenvalue weighted by Gasteiger charge is -2.14. The molecule has 1 amide bonds. The SMILES string of the molecule is Cc1ccc(OC[C@H](C)NC(=O)/C=C/c2cccc([N+](=O)[O-])c2)cc1. The molecular formula is C19H20N2O4. The molecule has 0 aliphatic heterocycles. The second kappa shape index (κ2) is 8.63. The van der Waals surface area contributed by atoms with Crippen molar-refractivity contribution in [2.24, 2.45) is 0 Å². The van der Waals surface area contributed by atoms with Crippen LogP contribution in [-0.2, 0) is 4.79 Å². The summed E-state index contributed by atoms with van der Waals surface area (Å²) in [6, 6.07) is 13.6. The largest absolute Gasteiger partial charge is 0.491 e. The first kappa shape index (κ1) is 18.2. The molecule has 0 saturated carbocycles. The average molecular weight is 340 g/mol. The van der Waals surface area contributed by atoms with E-state index in [1.165, 1.54) is 24.3 Å². The second-order valence-corrected chi connectivity index (χ2v) is 5.72. The van der Waals surface area contributed by atoms with Gasteiger partial charge in [0.2, 0.25) is 5.91 Å². The van der Waals surface area contributed by atoms with Crippen molar-refractivity contribution in [2.45, 2.75) is 19.9 Å². The normalized spacial score (nSPS) is 11.9. The number of benzene rings is 2. The van der Waals surface area contributed by atoms with Crippen molar-refractivity contribution in [1.29, 1.82) is 0 Å². The smallest absolute Gasteiger partial charge is 0.270 e. The molecule has 0 aliphatic carbocycles. The number of nitrogens with one attached hydrogen (secondary N) is 1. The number of aryl methyl sites for hydroxylation is 1. The van der Waals surface area contributed by atoms with E-state index >= 15 is 0 Å². The molecule has 0 radical (unpaired) electrons. The fourth-order valence-corrected chi connectivity index (χ4v) is 2.10. The first-order valence-corrected chi connectivity index (χ1v) is 7.86. The summed E-state index contributed by atoms with van der Waals surface area (Å²) >= 11 is 0. The Kier molecular flexibility index (Phi) is 6.28. The standard InChI is InChI=1S/C19H20N2O4/c1-14-6-9-18(10-7-14)25-13-15(2)20-19(22)11-8-16-4-3-5-17(12-16)21(23)24/h3-12,15H,13H2,1-2H3,(H,20,22)/b11-8+/t15-/m0/s1. The van der Waals surface area contributed by atoms with Crippen molar-refractivity contribution in [3.63, 3.8) is 0 Å². The highest BCUT2D eigenvalue weighted by atomic mass is 16.6. The van der Waals surface area contributed by atoms with Crippen LogP contribution >= 0.6 is 0 Å². The average Bonchev–Trinajstić information content (AvgIpc) is 2.60. The maximum atomic E-state index is 11.9. The molecule has 6 nitrogen and oxygen atoms in total. The maximum absolute atomic E-state index is 11.9. The molecule has 0 fully saturated rings. The number of amides is 1. The number of ether oxygens (including phenoxy) is 1. The van der Waals surface area contributed by atoms with Crippen LogP contribution in [0.3, 0.4) is 0 Å². The number of carbonyl (C=O) groups excluding carboxylic acids is 1. The third-order valence-corrected chi connectivity index (χ3v) is 3.42. The summed E-state index contributed by atoms with van der Waals surface area (Å²) in [5.41, 5.74) is 1.73. The highest BCUT2D eigenvalue weighted by molar-refractivity contribution is 5.91. The predicted molar refractivity (Wildman–Crippen MR) is 96.4 cm³/mol. The van der Waals surface area contributed by atoms with E-state index in [9.17, 15) is 14.9 Å². The second-order valence-electron chi connectivity index (χ2n) is 5.72. The monoisotopic (exact) mass is 340 g/mol. The molecule has 0 aliphatic rings. The van der Waals surface area contributed by atoms with Gasteiger partial charge in [0.15, 0.2) is 0 Å². The van der Waals surface area contributed by atoms with Crippen LogP contribution in [0.5, 0.6) is 5.75 Å². The number of nitro benzene ring substituents is 1. The number of nitro groups is 1. The van der Waals surface area contributed by atoms with Crippen LogP contribution in [0, 0.1) is 17.0 Å². The van der Waals surface area contributed by atoms with E-state index in [0.29, 0.717) is 12.2 Å². The maximum Gasteiger partial charge on any atom is 0.270 e. The van der Waals surface area contributed by atoms with Crippen molar-refractivity contribution in [3.8, 4) is 5.75 Å². The summed E-state index contributed by atoms with van der Waals surface area (Å²) in [6.45, 7) is 4.19. The zero-order chi connectivity index (χ0) is 18.2. The molecule has 1 atom stereocenters. The van der Waals surface area contributed by atoms with E-state index in [1.807, 2.05) is 38.1 Å². The van der Waals surface area contributed by atoms with Gasteiger partial charge in [-0.1, -0.05) is 29.8 Å². The number of rotatable bonds is 7. The quantitative estimate of drug-likeness (QED) is 0.475. The van der Waals surface area contributed by atoms with Gasteiger partial charge in [-0.05, 0) is 37.6 Å². The molecule has 130 valence electrons. The van der Waals surface area contributed by atoms with Crippen LogP contribution in [-0.4, -0.2) is 23.5 Å². The third-order valence-electron chi connectivity index (χ3n) is 3.42. The molecule has 0 heterocycles. The van der Waals surface area contributed by atoms with Crippen LogP contribution in [0.1, 0.15) is 18.1 Å². The molecule has 2 aromatic rings. The fourth-order valence-electron chi connectivity index (χ4n) is 2.10. The molecule has 2 rings (SSSR count). The van der Waals surface area contributed by atoms with E-state index < -0.39 is 4.92 Å². The van der Waals surface area contributed by atoms with Gasteiger partial charge in [0.25, 0.3) is 5.69 Å². The first-order chi connectivity index (χ1) is 11.9. The van der Waals surface area contributed by atoms with Crippen LogP contribution in [0.2, 0.25) is 0 Å². The Morgan fingerprint density at radius 3 is 2.68 bits per heavy atom. The summed E-state index contributed by atoms with van der Waals surface area (Å²) in [4.78, 5) is 22.2. The van der Waals surface area contributed by atoms with E-state index in [1.54, 1.807) is 12.1 Å². The molecule has 0 unspecified atom stereocenters. The molecule has 25 heavy (non-hydrogen) atoms. The van der Waals surface area contributed by atoms with Crippen molar-refractivity contribution < 1.29 is 14.5 Å². The van der Waals surface area contributed by atoms with Crippen LogP contribution in [0.4, 0.5) is 5.69 Å². The molecule has 0 aromatic heterocycles. The number of nitrogens with zero attached hydrogens (tertiary/aromatic N) is 1. The van der Waals surface area contributed by atoms with E-state index in [4.69, 9.17) is 4.74 Å². The Hall–Kier alpha value is -3.15. The molecule has 1 N–H and O–H groups in total. The van der Waals surface area contributed by atoms with Gasteiger partial charge in [-0.3, -0.25) is 14.9 Å². The lowest BCUT2D eigenvalue weighted by Crippen LogP contribution is -2.35. The minimum atomic E-state index is -0.470. The summed E-state index contributed by atoms with van der Waals surface area (Å²) in [7, 11) is 0. The Bertz CT molecular complexity index is 769. The molecule has 0 saturated heterocycles. The van der Waals surface area contributed by atoms with Crippen molar-refractivity contribution in [1.82, 2.24) is 5.32 Å².